The molecule has 1 saturated heterocycles. The van der Waals surface area contributed by atoms with Crippen molar-refractivity contribution in [2.24, 2.45) is 0 Å². The van der Waals surface area contributed by atoms with Crippen LogP contribution in [0.15, 0.2) is 6.20 Å². The summed E-state index contributed by atoms with van der Waals surface area (Å²) in [4.78, 5) is 0. The smallest absolute Gasteiger partial charge is 0.160 e. The average molecular weight is 238 g/mol. The van der Waals surface area contributed by atoms with Crippen LogP contribution in [0.5, 0.6) is 0 Å². The van der Waals surface area contributed by atoms with Crippen molar-refractivity contribution in [2.75, 3.05) is 19.8 Å². The fourth-order valence-corrected chi connectivity index (χ4v) is 2.47. The van der Waals surface area contributed by atoms with E-state index in [4.69, 9.17) is 14.2 Å². The Morgan fingerprint density at radius 1 is 1.41 bits per heavy atom. The molecule has 0 spiro atoms. The van der Waals surface area contributed by atoms with E-state index < -0.39 is 0 Å². The third kappa shape index (κ3) is 2.51. The van der Waals surface area contributed by atoms with Gasteiger partial charge in [-0.05, 0) is 24.8 Å². The molecule has 0 amide bonds. The Kier molecular flexibility index (Phi) is 3.40. The number of ether oxygens (including phenoxy) is 3. The molecule has 0 radical (unpaired) electrons. The van der Waals surface area contributed by atoms with E-state index in [9.17, 15) is 0 Å². The van der Waals surface area contributed by atoms with Crippen molar-refractivity contribution in [1.82, 2.24) is 10.2 Å². The fourth-order valence-electron chi connectivity index (χ4n) is 2.47. The fraction of sp³-hybridized carbons (Fsp3) is 0.750. The largest absolute Gasteiger partial charge is 0.372 e. The molecule has 2 heterocycles. The van der Waals surface area contributed by atoms with Crippen molar-refractivity contribution in [3.8, 4) is 0 Å². The highest BCUT2D eigenvalue weighted by molar-refractivity contribution is 5.21. The Morgan fingerprint density at radius 3 is 3.18 bits per heavy atom. The molecule has 3 rings (SSSR count). The van der Waals surface area contributed by atoms with Gasteiger partial charge >= 0.3 is 0 Å². The minimum atomic E-state index is -0.0696. The molecule has 0 bridgehead atoms. The Bertz CT molecular complexity index is 360. The van der Waals surface area contributed by atoms with Crippen LogP contribution in [0.2, 0.25) is 0 Å². The van der Waals surface area contributed by atoms with E-state index in [0.717, 1.165) is 25.0 Å². The number of hydrogen-bond donors (Lipinski definition) is 1. The lowest BCUT2D eigenvalue weighted by Gasteiger charge is -2.22. The van der Waals surface area contributed by atoms with Crippen molar-refractivity contribution in [1.29, 1.82) is 0 Å². The lowest BCUT2D eigenvalue weighted by atomic mass is 9.96. The molecule has 0 saturated carbocycles. The van der Waals surface area contributed by atoms with Gasteiger partial charge in [-0.3, -0.25) is 5.10 Å². The second-order valence-electron chi connectivity index (χ2n) is 4.52. The third-order valence-electron chi connectivity index (χ3n) is 3.35. The standard InChI is InChI=1S/C12H18N2O3/c1-2-9-8-13-14-12(9)10(3-1)15-5-4-11-16-6-7-17-11/h8,10-11H,1-7H2,(H,13,14)/t10-/m1/s1. The minimum Gasteiger partial charge on any atom is -0.372 e. The van der Waals surface area contributed by atoms with Gasteiger partial charge in [-0.2, -0.15) is 5.10 Å². The molecule has 1 aliphatic heterocycles. The normalized spacial score (nSPS) is 25.1. The molecule has 1 atom stereocenters. The SMILES string of the molecule is c1n[nH]c2c1CCC[C@H]2OCCC1OCCO1. The first-order valence-electron chi connectivity index (χ1n) is 6.30. The maximum Gasteiger partial charge on any atom is 0.160 e. The van der Waals surface area contributed by atoms with E-state index in [-0.39, 0.29) is 12.4 Å². The molecular formula is C12H18N2O3. The molecule has 1 aromatic heterocycles. The third-order valence-corrected chi connectivity index (χ3v) is 3.35. The summed E-state index contributed by atoms with van der Waals surface area (Å²) in [5, 5.41) is 7.13. The van der Waals surface area contributed by atoms with Crippen LogP contribution in [0.25, 0.3) is 0 Å². The lowest BCUT2D eigenvalue weighted by Crippen LogP contribution is -2.16. The summed E-state index contributed by atoms with van der Waals surface area (Å²) in [7, 11) is 0. The maximum absolute atomic E-state index is 5.90. The van der Waals surface area contributed by atoms with Gasteiger partial charge in [0, 0.05) is 6.42 Å². The number of aromatic nitrogens is 2. The highest BCUT2D eigenvalue weighted by Gasteiger charge is 2.23. The Hall–Kier alpha value is -0.910. The van der Waals surface area contributed by atoms with Crippen LogP contribution in [0, 0.1) is 0 Å². The van der Waals surface area contributed by atoms with E-state index in [2.05, 4.69) is 10.2 Å². The number of fused-ring (bicyclic) bond motifs is 1. The number of nitrogens with zero attached hydrogens (tertiary/aromatic N) is 1. The molecule has 1 aromatic rings. The monoisotopic (exact) mass is 238 g/mol. The number of H-pyrrole nitrogens is 1. The van der Waals surface area contributed by atoms with Gasteiger partial charge in [0.2, 0.25) is 0 Å². The van der Waals surface area contributed by atoms with Crippen molar-refractivity contribution in [3.05, 3.63) is 17.5 Å². The first kappa shape index (κ1) is 11.2. The summed E-state index contributed by atoms with van der Waals surface area (Å²) < 4.78 is 16.6. The quantitative estimate of drug-likeness (QED) is 0.865. The highest BCUT2D eigenvalue weighted by Crippen LogP contribution is 2.30. The topological polar surface area (TPSA) is 56.4 Å². The summed E-state index contributed by atoms with van der Waals surface area (Å²) in [6.07, 6.45) is 6.17. The van der Waals surface area contributed by atoms with Gasteiger partial charge in [0.15, 0.2) is 6.29 Å². The van der Waals surface area contributed by atoms with Crippen LogP contribution in [-0.4, -0.2) is 36.3 Å². The first-order valence-corrected chi connectivity index (χ1v) is 6.30. The summed E-state index contributed by atoms with van der Waals surface area (Å²) in [5.74, 6) is 0. The van der Waals surface area contributed by atoms with Crippen LogP contribution in [0.4, 0.5) is 0 Å². The van der Waals surface area contributed by atoms with E-state index in [1.165, 1.54) is 12.0 Å². The zero-order chi connectivity index (χ0) is 11.5. The molecule has 0 aromatic carbocycles. The average Bonchev–Trinajstić information content (AvgIpc) is 2.99. The number of nitrogens with one attached hydrogen (secondary N) is 1. The van der Waals surface area contributed by atoms with E-state index in [1.54, 1.807) is 0 Å². The second-order valence-corrected chi connectivity index (χ2v) is 4.52. The van der Waals surface area contributed by atoms with Gasteiger partial charge in [0.25, 0.3) is 0 Å². The van der Waals surface area contributed by atoms with Gasteiger partial charge in [-0.15, -0.1) is 0 Å². The highest BCUT2D eigenvalue weighted by atomic mass is 16.7. The summed E-state index contributed by atoms with van der Waals surface area (Å²) in [5.41, 5.74) is 2.46. The molecule has 5 heteroatoms. The van der Waals surface area contributed by atoms with E-state index in [1.807, 2.05) is 6.20 Å². The van der Waals surface area contributed by atoms with Gasteiger partial charge in [0.1, 0.15) is 0 Å². The van der Waals surface area contributed by atoms with Crippen LogP contribution in [-0.2, 0) is 20.6 Å². The molecule has 0 unspecified atom stereocenters. The molecule has 5 nitrogen and oxygen atoms in total. The summed E-state index contributed by atoms with van der Waals surface area (Å²) in [6, 6.07) is 0. The van der Waals surface area contributed by atoms with Crippen LogP contribution >= 0.6 is 0 Å². The van der Waals surface area contributed by atoms with E-state index in [0.29, 0.717) is 19.8 Å². The predicted molar refractivity (Wildman–Crippen MR) is 60.5 cm³/mol. The zero-order valence-corrected chi connectivity index (χ0v) is 9.85. The Morgan fingerprint density at radius 2 is 2.29 bits per heavy atom. The van der Waals surface area contributed by atoms with Gasteiger partial charge in [-0.1, -0.05) is 0 Å². The molecule has 94 valence electrons. The lowest BCUT2D eigenvalue weighted by molar-refractivity contribution is -0.0722. The molecule has 1 N–H and O–H groups in total. The molecule has 1 fully saturated rings. The van der Waals surface area contributed by atoms with Gasteiger partial charge in [0.05, 0.1) is 37.8 Å². The van der Waals surface area contributed by atoms with Crippen LogP contribution in [0.1, 0.15) is 36.6 Å². The number of aromatic amines is 1. The summed E-state index contributed by atoms with van der Waals surface area (Å²) >= 11 is 0. The molecule has 17 heavy (non-hydrogen) atoms. The zero-order valence-electron chi connectivity index (χ0n) is 9.85. The summed E-state index contributed by atoms with van der Waals surface area (Å²) in [6.45, 7) is 2.09. The van der Waals surface area contributed by atoms with Crippen molar-refractivity contribution < 1.29 is 14.2 Å². The van der Waals surface area contributed by atoms with Crippen LogP contribution < -0.4 is 0 Å². The Labute approximate surface area is 100 Å². The number of aryl methyl sites for hydroxylation is 1. The van der Waals surface area contributed by atoms with Crippen molar-refractivity contribution in [3.63, 3.8) is 0 Å². The van der Waals surface area contributed by atoms with E-state index >= 15 is 0 Å². The predicted octanol–water partition coefficient (Wildman–Crippen LogP) is 1.57. The Balaban J connectivity index is 1.49. The first-order chi connectivity index (χ1) is 8.43. The van der Waals surface area contributed by atoms with Crippen molar-refractivity contribution in [2.45, 2.75) is 38.1 Å². The number of rotatable bonds is 4. The number of hydrogen-bond acceptors (Lipinski definition) is 4. The van der Waals surface area contributed by atoms with Crippen LogP contribution in [0.3, 0.4) is 0 Å². The molecular weight excluding hydrogens is 220 g/mol. The van der Waals surface area contributed by atoms with Gasteiger partial charge < -0.3 is 14.2 Å². The van der Waals surface area contributed by atoms with Crippen molar-refractivity contribution >= 4 is 0 Å². The van der Waals surface area contributed by atoms with Gasteiger partial charge in [-0.25, -0.2) is 0 Å². The maximum atomic E-state index is 5.90. The second kappa shape index (κ2) is 5.16. The molecule has 1 aliphatic carbocycles. The minimum absolute atomic E-state index is 0.0696. The molecule has 2 aliphatic rings.